The zero-order chi connectivity index (χ0) is 21.7. The van der Waals surface area contributed by atoms with Crippen LogP contribution < -0.4 is 16.0 Å². The predicted octanol–water partition coefficient (Wildman–Crippen LogP) is 2.24. The number of carbonyl (C=O) groups is 1. The number of anilines is 3. The minimum Gasteiger partial charge on any atom is -0.394 e. The molecular weight excluding hydrogens is 420 g/mol. The van der Waals surface area contributed by atoms with E-state index in [0.29, 0.717) is 5.69 Å². The van der Waals surface area contributed by atoms with E-state index >= 15 is 0 Å². The van der Waals surface area contributed by atoms with Gasteiger partial charge in [0.25, 0.3) is 0 Å². The number of aliphatic hydroxyl groups is 1. The molecule has 0 spiro atoms. The number of rotatable bonds is 8. The maximum Gasteiger partial charge on any atom is 0.241 e. The van der Waals surface area contributed by atoms with E-state index in [4.69, 9.17) is 11.6 Å². The van der Waals surface area contributed by atoms with Gasteiger partial charge in [-0.15, -0.1) is 0 Å². The third-order valence-corrected chi connectivity index (χ3v) is 4.32. The average Bonchev–Trinajstić information content (AvgIpc) is 3.16. The summed E-state index contributed by atoms with van der Waals surface area (Å²) in [5.41, 5.74) is 0.444. The normalized spacial score (nSPS) is 11.8. The van der Waals surface area contributed by atoms with Crippen molar-refractivity contribution >= 4 is 35.0 Å². The summed E-state index contributed by atoms with van der Waals surface area (Å²) in [6.07, 6.45) is 4.37. The first-order valence-corrected chi connectivity index (χ1v) is 9.12. The summed E-state index contributed by atoms with van der Waals surface area (Å²) in [5.74, 6) is -1.29. The van der Waals surface area contributed by atoms with E-state index in [1.807, 2.05) is 0 Å². The van der Waals surface area contributed by atoms with Crippen LogP contribution in [-0.4, -0.2) is 44.4 Å². The molecule has 12 heteroatoms. The van der Waals surface area contributed by atoms with Gasteiger partial charge in [-0.3, -0.25) is 9.48 Å². The van der Waals surface area contributed by atoms with Crippen molar-refractivity contribution < 1.29 is 18.7 Å². The van der Waals surface area contributed by atoms with Crippen LogP contribution in [0.25, 0.3) is 0 Å². The summed E-state index contributed by atoms with van der Waals surface area (Å²) in [6, 6.07) is 1.95. The van der Waals surface area contributed by atoms with Gasteiger partial charge < -0.3 is 21.1 Å². The Labute approximate surface area is 175 Å². The molecule has 9 nitrogen and oxygen atoms in total. The first kappa shape index (κ1) is 21.4. The van der Waals surface area contributed by atoms with Crippen molar-refractivity contribution in [1.82, 2.24) is 25.1 Å². The molecule has 3 aromatic rings. The molecule has 0 radical (unpaired) electrons. The van der Waals surface area contributed by atoms with Gasteiger partial charge in [0.2, 0.25) is 11.9 Å². The lowest BCUT2D eigenvalue weighted by Crippen LogP contribution is -2.23. The lowest BCUT2D eigenvalue weighted by Gasteiger charge is -2.19. The highest BCUT2D eigenvalue weighted by Crippen LogP contribution is 2.27. The molecule has 4 N–H and O–H groups in total. The summed E-state index contributed by atoms with van der Waals surface area (Å²) in [7, 11) is 1.52. The largest absolute Gasteiger partial charge is 0.394 e. The summed E-state index contributed by atoms with van der Waals surface area (Å²) < 4.78 is 29.0. The van der Waals surface area contributed by atoms with Gasteiger partial charge in [-0.05, 0) is 18.2 Å². The number of nitrogens with one attached hydrogen (secondary N) is 3. The van der Waals surface area contributed by atoms with Crippen molar-refractivity contribution in [3.63, 3.8) is 0 Å². The Morgan fingerprint density at radius 2 is 2.13 bits per heavy atom. The van der Waals surface area contributed by atoms with Gasteiger partial charge in [-0.2, -0.15) is 10.1 Å². The number of aliphatic hydroxyl groups excluding tert-OH is 1. The number of hydrogen-bond acceptors (Lipinski definition) is 7. The molecule has 2 aromatic heterocycles. The second-order valence-corrected chi connectivity index (χ2v) is 6.57. The van der Waals surface area contributed by atoms with E-state index in [2.05, 4.69) is 31.0 Å². The lowest BCUT2D eigenvalue weighted by atomic mass is 10.1. The van der Waals surface area contributed by atoms with Crippen molar-refractivity contribution in [2.45, 2.75) is 12.6 Å². The quantitative estimate of drug-likeness (QED) is 0.427. The van der Waals surface area contributed by atoms with Crippen LogP contribution in [0.3, 0.4) is 0 Å². The molecule has 0 unspecified atom stereocenters. The van der Waals surface area contributed by atoms with Gasteiger partial charge in [-0.25, -0.2) is 13.8 Å². The molecule has 3 rings (SSSR count). The fourth-order valence-corrected chi connectivity index (χ4v) is 2.71. The van der Waals surface area contributed by atoms with Gasteiger partial charge in [0.15, 0.2) is 5.82 Å². The van der Waals surface area contributed by atoms with Crippen LogP contribution >= 0.6 is 11.6 Å². The van der Waals surface area contributed by atoms with Crippen molar-refractivity contribution in [3.05, 3.63) is 59.0 Å². The highest BCUT2D eigenvalue weighted by atomic mass is 35.5. The Morgan fingerprint density at radius 1 is 1.33 bits per heavy atom. The van der Waals surface area contributed by atoms with Crippen LogP contribution in [0.15, 0.2) is 36.8 Å². The summed E-state index contributed by atoms with van der Waals surface area (Å²) in [6.45, 7) is -0.487. The number of likely N-dealkylation sites (N-methyl/N-ethyl adjacent to an activating group) is 1. The standard InChI is InChI=1S/C18H18ClF2N7O2/c1-22-16(30)8-28-7-11(5-24-28)25-18-23-6-13(19)17(27-18)26-15(9-29)12-4-10(20)2-3-14(12)21/h2-7,15,29H,8-9H2,1H3,(H,22,30)(H2,23,25,26,27)/t15-/m1/s1. The van der Waals surface area contributed by atoms with E-state index in [1.54, 1.807) is 6.20 Å². The maximum atomic E-state index is 14.1. The van der Waals surface area contributed by atoms with Crippen molar-refractivity contribution in [2.24, 2.45) is 0 Å². The molecule has 0 aliphatic heterocycles. The maximum absolute atomic E-state index is 14.1. The Hall–Kier alpha value is -3.31. The minimum absolute atomic E-state index is 0.0455. The second-order valence-electron chi connectivity index (χ2n) is 6.16. The SMILES string of the molecule is CNC(=O)Cn1cc(Nc2ncc(Cl)c(N[C@H](CO)c3cc(F)ccc3F)n2)cn1. The number of hydrogen-bond donors (Lipinski definition) is 4. The molecule has 0 fully saturated rings. The minimum atomic E-state index is -0.990. The zero-order valence-electron chi connectivity index (χ0n) is 15.7. The predicted molar refractivity (Wildman–Crippen MR) is 106 cm³/mol. The lowest BCUT2D eigenvalue weighted by molar-refractivity contribution is -0.121. The highest BCUT2D eigenvalue weighted by Gasteiger charge is 2.18. The number of benzene rings is 1. The van der Waals surface area contributed by atoms with E-state index < -0.39 is 24.3 Å². The van der Waals surface area contributed by atoms with Gasteiger partial charge >= 0.3 is 0 Å². The van der Waals surface area contributed by atoms with Crippen LogP contribution in [0.2, 0.25) is 5.02 Å². The van der Waals surface area contributed by atoms with Gasteiger partial charge in [0, 0.05) is 18.8 Å². The van der Waals surface area contributed by atoms with Gasteiger partial charge in [-0.1, -0.05) is 11.6 Å². The van der Waals surface area contributed by atoms with E-state index in [9.17, 15) is 18.7 Å². The molecule has 0 bridgehead atoms. The molecule has 0 aliphatic carbocycles. The molecule has 30 heavy (non-hydrogen) atoms. The molecular formula is C18H18ClF2N7O2. The second kappa shape index (κ2) is 9.46. The van der Waals surface area contributed by atoms with Crippen LogP contribution in [0, 0.1) is 11.6 Å². The van der Waals surface area contributed by atoms with Crippen LogP contribution in [-0.2, 0) is 11.3 Å². The van der Waals surface area contributed by atoms with Crippen LogP contribution in [0.5, 0.6) is 0 Å². The number of nitrogens with zero attached hydrogens (tertiary/aromatic N) is 4. The smallest absolute Gasteiger partial charge is 0.241 e. The Kier molecular flexibility index (Phi) is 6.75. The van der Waals surface area contributed by atoms with Crippen molar-refractivity contribution in [3.8, 4) is 0 Å². The first-order chi connectivity index (χ1) is 14.4. The fraction of sp³-hybridized carbons (Fsp3) is 0.222. The van der Waals surface area contributed by atoms with E-state index in [-0.39, 0.29) is 34.8 Å². The molecule has 2 heterocycles. The Bertz CT molecular complexity index is 1050. The van der Waals surface area contributed by atoms with Crippen molar-refractivity contribution in [2.75, 3.05) is 24.3 Å². The number of halogens is 3. The summed E-state index contributed by atoms with van der Waals surface area (Å²) in [5, 5.41) is 22.0. The molecule has 0 saturated carbocycles. The topological polar surface area (TPSA) is 117 Å². The molecule has 0 saturated heterocycles. The molecule has 1 amide bonds. The van der Waals surface area contributed by atoms with E-state index in [0.717, 1.165) is 18.2 Å². The molecule has 0 aliphatic rings. The highest BCUT2D eigenvalue weighted by molar-refractivity contribution is 6.32. The van der Waals surface area contributed by atoms with E-state index in [1.165, 1.54) is 24.1 Å². The summed E-state index contributed by atoms with van der Waals surface area (Å²) in [4.78, 5) is 19.7. The number of amides is 1. The average molecular weight is 438 g/mol. The fourth-order valence-electron chi connectivity index (χ4n) is 2.57. The zero-order valence-corrected chi connectivity index (χ0v) is 16.5. The van der Waals surface area contributed by atoms with Gasteiger partial charge in [0.1, 0.15) is 23.2 Å². The third-order valence-electron chi connectivity index (χ3n) is 4.04. The van der Waals surface area contributed by atoms with Crippen molar-refractivity contribution in [1.29, 1.82) is 0 Å². The number of carbonyl (C=O) groups excluding carboxylic acids is 1. The summed E-state index contributed by atoms with van der Waals surface area (Å²) >= 11 is 6.11. The van der Waals surface area contributed by atoms with Gasteiger partial charge in [0.05, 0.1) is 30.7 Å². The molecule has 1 atom stereocenters. The molecule has 158 valence electrons. The third kappa shape index (κ3) is 5.19. The molecule has 1 aromatic carbocycles. The number of aromatic nitrogens is 4. The Morgan fingerprint density at radius 3 is 2.87 bits per heavy atom. The Balaban J connectivity index is 1.78. The van der Waals surface area contributed by atoms with Crippen LogP contribution in [0.4, 0.5) is 26.2 Å². The first-order valence-electron chi connectivity index (χ1n) is 8.74. The monoisotopic (exact) mass is 437 g/mol. The van der Waals surface area contributed by atoms with Crippen LogP contribution in [0.1, 0.15) is 11.6 Å².